The van der Waals surface area contributed by atoms with Crippen LogP contribution in [-0.4, -0.2) is 10.9 Å². The molecule has 1 amide bonds. The van der Waals surface area contributed by atoms with Gasteiger partial charge >= 0.3 is 0 Å². The van der Waals surface area contributed by atoms with Gasteiger partial charge in [0, 0.05) is 11.8 Å². The van der Waals surface area contributed by atoms with E-state index in [1.165, 1.54) is 29.2 Å². The van der Waals surface area contributed by atoms with Gasteiger partial charge in [0.2, 0.25) is 0 Å². The second-order valence-corrected chi connectivity index (χ2v) is 5.06. The number of hydrogen-bond acceptors (Lipinski definition) is 3. The van der Waals surface area contributed by atoms with E-state index in [0.717, 1.165) is 0 Å². The molecule has 4 nitrogen and oxygen atoms in total. The van der Waals surface area contributed by atoms with Gasteiger partial charge < -0.3 is 4.42 Å². The van der Waals surface area contributed by atoms with Crippen molar-refractivity contribution in [1.82, 2.24) is 4.98 Å². The average Bonchev–Trinajstić information content (AvgIpc) is 3.11. The Balaban J connectivity index is 2.01. The molecule has 23 heavy (non-hydrogen) atoms. The van der Waals surface area contributed by atoms with Gasteiger partial charge in [-0.2, -0.15) is 0 Å². The Kier molecular flexibility index (Phi) is 4.19. The number of halogens is 1. The molecule has 0 saturated heterocycles. The Labute approximate surface area is 133 Å². The Morgan fingerprint density at radius 2 is 1.91 bits per heavy atom. The fraction of sp³-hybridized carbons (Fsp3) is 0.111. The Bertz CT molecular complexity index is 771. The zero-order valence-corrected chi connectivity index (χ0v) is 12.5. The van der Waals surface area contributed by atoms with Crippen molar-refractivity contribution in [2.75, 3.05) is 4.90 Å². The molecule has 0 unspecified atom stereocenters. The lowest BCUT2D eigenvalue weighted by Crippen LogP contribution is -2.34. The van der Waals surface area contributed by atoms with Crippen molar-refractivity contribution in [1.29, 1.82) is 0 Å². The van der Waals surface area contributed by atoms with Gasteiger partial charge in [0.15, 0.2) is 0 Å². The largest absolute Gasteiger partial charge is 0.467 e. The highest BCUT2D eigenvalue weighted by molar-refractivity contribution is 6.05. The van der Waals surface area contributed by atoms with Gasteiger partial charge in [-0.25, -0.2) is 9.37 Å². The summed E-state index contributed by atoms with van der Waals surface area (Å²) in [4.78, 5) is 18.7. The average molecular weight is 310 g/mol. The SMILES string of the molecule is C[C@@H](c1ccco1)N(C(=O)c1ccc(F)cc1)c1ccccn1. The predicted octanol–water partition coefficient (Wildman–Crippen LogP) is 4.22. The zero-order valence-electron chi connectivity index (χ0n) is 12.5. The van der Waals surface area contributed by atoms with Crippen LogP contribution in [0.25, 0.3) is 0 Å². The van der Waals surface area contributed by atoms with Crippen molar-refractivity contribution in [2.24, 2.45) is 0 Å². The standard InChI is InChI=1S/C18H15FN2O2/c1-13(16-5-4-12-23-16)21(17-6-2-3-11-20-17)18(22)14-7-9-15(19)10-8-14/h2-13H,1H3/t13-/m0/s1. The van der Waals surface area contributed by atoms with Crippen LogP contribution < -0.4 is 4.90 Å². The van der Waals surface area contributed by atoms with Crippen molar-refractivity contribution in [3.63, 3.8) is 0 Å². The summed E-state index contributed by atoms with van der Waals surface area (Å²) in [7, 11) is 0. The molecule has 1 atom stereocenters. The quantitative estimate of drug-likeness (QED) is 0.724. The Morgan fingerprint density at radius 1 is 1.13 bits per heavy atom. The van der Waals surface area contributed by atoms with E-state index in [-0.39, 0.29) is 17.8 Å². The van der Waals surface area contributed by atoms with Crippen LogP contribution in [0.1, 0.15) is 29.1 Å². The monoisotopic (exact) mass is 310 g/mol. The second-order valence-electron chi connectivity index (χ2n) is 5.06. The van der Waals surface area contributed by atoms with Crippen LogP contribution in [0, 0.1) is 5.82 Å². The molecule has 0 N–H and O–H groups in total. The summed E-state index contributed by atoms with van der Waals surface area (Å²) < 4.78 is 18.5. The van der Waals surface area contributed by atoms with Crippen LogP contribution >= 0.6 is 0 Å². The van der Waals surface area contributed by atoms with Gasteiger partial charge in [-0.1, -0.05) is 6.07 Å². The molecule has 2 heterocycles. The summed E-state index contributed by atoms with van der Waals surface area (Å²) in [6.07, 6.45) is 3.18. The first-order valence-electron chi connectivity index (χ1n) is 7.20. The van der Waals surface area contributed by atoms with E-state index in [2.05, 4.69) is 4.98 Å². The third kappa shape index (κ3) is 3.13. The van der Waals surface area contributed by atoms with E-state index in [1.807, 2.05) is 13.0 Å². The van der Waals surface area contributed by atoms with Gasteiger partial charge in [-0.3, -0.25) is 9.69 Å². The van der Waals surface area contributed by atoms with Gasteiger partial charge in [0.25, 0.3) is 5.91 Å². The van der Waals surface area contributed by atoms with Gasteiger partial charge in [0.1, 0.15) is 17.4 Å². The van der Waals surface area contributed by atoms with Gasteiger partial charge in [-0.15, -0.1) is 0 Å². The molecule has 0 aliphatic rings. The van der Waals surface area contributed by atoms with Crippen LogP contribution in [0.15, 0.2) is 71.5 Å². The third-order valence-corrected chi connectivity index (χ3v) is 3.55. The summed E-state index contributed by atoms with van der Waals surface area (Å²) in [5.74, 6) is 0.495. The number of furan rings is 1. The second kappa shape index (κ2) is 6.44. The predicted molar refractivity (Wildman–Crippen MR) is 84.6 cm³/mol. The molecule has 2 aromatic heterocycles. The molecule has 0 aliphatic carbocycles. The molecule has 3 rings (SSSR count). The van der Waals surface area contributed by atoms with Crippen molar-refractivity contribution < 1.29 is 13.6 Å². The maximum absolute atomic E-state index is 13.1. The minimum Gasteiger partial charge on any atom is -0.467 e. The molecule has 0 radical (unpaired) electrons. The van der Waals surface area contributed by atoms with Crippen LogP contribution in [0.4, 0.5) is 10.2 Å². The maximum atomic E-state index is 13.1. The van der Waals surface area contributed by atoms with E-state index in [1.54, 1.807) is 36.7 Å². The molecular weight excluding hydrogens is 295 g/mol. The third-order valence-electron chi connectivity index (χ3n) is 3.55. The first kappa shape index (κ1) is 15.0. The highest BCUT2D eigenvalue weighted by Crippen LogP contribution is 2.27. The minimum absolute atomic E-state index is 0.271. The first-order chi connectivity index (χ1) is 11.2. The molecule has 5 heteroatoms. The number of amides is 1. The number of carbonyl (C=O) groups excluding carboxylic acids is 1. The molecule has 116 valence electrons. The fourth-order valence-corrected chi connectivity index (χ4v) is 2.36. The smallest absolute Gasteiger partial charge is 0.260 e. The lowest BCUT2D eigenvalue weighted by atomic mass is 10.1. The zero-order chi connectivity index (χ0) is 16.2. The number of rotatable bonds is 4. The van der Waals surface area contributed by atoms with Crippen molar-refractivity contribution >= 4 is 11.7 Å². The fourth-order valence-electron chi connectivity index (χ4n) is 2.36. The lowest BCUT2D eigenvalue weighted by molar-refractivity contribution is 0.0974. The highest BCUT2D eigenvalue weighted by Gasteiger charge is 2.27. The number of anilines is 1. The van der Waals surface area contributed by atoms with Crippen molar-refractivity contribution in [3.8, 4) is 0 Å². The summed E-state index contributed by atoms with van der Waals surface area (Å²) in [5.41, 5.74) is 0.385. The van der Waals surface area contributed by atoms with E-state index in [0.29, 0.717) is 17.1 Å². The van der Waals surface area contributed by atoms with Crippen LogP contribution in [0.3, 0.4) is 0 Å². The number of benzene rings is 1. The summed E-state index contributed by atoms with van der Waals surface area (Å²) in [6, 6.07) is 14.0. The summed E-state index contributed by atoms with van der Waals surface area (Å²) in [5, 5.41) is 0. The number of carbonyl (C=O) groups is 1. The van der Waals surface area contributed by atoms with E-state index in [4.69, 9.17) is 4.42 Å². The lowest BCUT2D eigenvalue weighted by Gasteiger charge is -2.27. The first-order valence-corrected chi connectivity index (χ1v) is 7.20. The molecule has 0 bridgehead atoms. The van der Waals surface area contributed by atoms with Crippen LogP contribution in [0.5, 0.6) is 0 Å². The number of hydrogen-bond donors (Lipinski definition) is 0. The molecule has 0 spiro atoms. The molecule has 0 aliphatic heterocycles. The molecule has 0 fully saturated rings. The van der Waals surface area contributed by atoms with E-state index in [9.17, 15) is 9.18 Å². The maximum Gasteiger partial charge on any atom is 0.260 e. The van der Waals surface area contributed by atoms with E-state index < -0.39 is 0 Å². The molecular formula is C18H15FN2O2. The van der Waals surface area contributed by atoms with Crippen molar-refractivity contribution in [2.45, 2.75) is 13.0 Å². The van der Waals surface area contributed by atoms with Crippen LogP contribution in [0.2, 0.25) is 0 Å². The normalized spacial score (nSPS) is 11.9. The summed E-state index contributed by atoms with van der Waals surface area (Å²) in [6.45, 7) is 1.86. The molecule has 0 saturated carbocycles. The van der Waals surface area contributed by atoms with Gasteiger partial charge in [0.05, 0.1) is 12.3 Å². The van der Waals surface area contributed by atoms with Crippen molar-refractivity contribution in [3.05, 3.63) is 84.2 Å². The number of aromatic nitrogens is 1. The van der Waals surface area contributed by atoms with Gasteiger partial charge in [-0.05, 0) is 55.5 Å². The highest BCUT2D eigenvalue weighted by atomic mass is 19.1. The summed E-state index contributed by atoms with van der Waals surface area (Å²) >= 11 is 0. The Morgan fingerprint density at radius 3 is 2.52 bits per heavy atom. The topological polar surface area (TPSA) is 46.3 Å². The van der Waals surface area contributed by atoms with E-state index >= 15 is 0 Å². The Hall–Kier alpha value is -2.95. The van der Waals surface area contributed by atoms with Crippen LogP contribution in [-0.2, 0) is 0 Å². The molecule has 3 aromatic rings. The minimum atomic E-state index is -0.384. The number of pyridine rings is 1. The number of nitrogens with zero attached hydrogens (tertiary/aromatic N) is 2. The molecule has 1 aromatic carbocycles.